The monoisotopic (exact) mass is 240 g/mol. The Kier molecular flexibility index (Phi) is 3.58. The number of carboxylic acid groups (broad SMARTS) is 1. The lowest BCUT2D eigenvalue weighted by Gasteiger charge is -2.42. The lowest BCUT2D eigenvalue weighted by Crippen LogP contribution is -2.68. The highest BCUT2D eigenvalue weighted by Crippen LogP contribution is 2.16. The highest BCUT2D eigenvalue weighted by molar-refractivity contribution is 7.07. The molecule has 16 heavy (non-hydrogen) atoms. The predicted molar refractivity (Wildman–Crippen MR) is 63.9 cm³/mol. The average molecular weight is 240 g/mol. The third-order valence-corrected chi connectivity index (χ3v) is 3.64. The van der Waals surface area contributed by atoms with Gasteiger partial charge in [0.1, 0.15) is 0 Å². The van der Waals surface area contributed by atoms with Gasteiger partial charge in [-0.1, -0.05) is 0 Å². The molecular weight excluding hydrogens is 224 g/mol. The fraction of sp³-hybridized carbons (Fsp3) is 0.545. The SMILES string of the molecule is O=C(O)CC1(NCCc2ccsc2)CNC1. The first kappa shape index (κ1) is 11.6. The van der Waals surface area contributed by atoms with Crippen LogP contribution in [-0.4, -0.2) is 36.2 Å². The van der Waals surface area contributed by atoms with Crippen molar-refractivity contribution in [1.82, 2.24) is 10.6 Å². The van der Waals surface area contributed by atoms with Crippen LogP contribution in [0.15, 0.2) is 16.8 Å². The molecule has 4 nitrogen and oxygen atoms in total. The van der Waals surface area contributed by atoms with Crippen molar-refractivity contribution in [3.8, 4) is 0 Å². The standard InChI is InChI=1S/C11H16N2O2S/c14-10(15)5-11(7-12-8-11)13-3-1-9-2-4-16-6-9/h2,4,6,12-13H,1,3,5,7-8H2,(H,14,15). The summed E-state index contributed by atoms with van der Waals surface area (Å²) in [4.78, 5) is 10.7. The van der Waals surface area contributed by atoms with Gasteiger partial charge >= 0.3 is 5.97 Å². The van der Waals surface area contributed by atoms with E-state index in [1.165, 1.54) is 5.56 Å². The van der Waals surface area contributed by atoms with Gasteiger partial charge in [-0.2, -0.15) is 11.3 Å². The molecule has 1 aromatic rings. The largest absolute Gasteiger partial charge is 0.481 e. The summed E-state index contributed by atoms with van der Waals surface area (Å²) in [7, 11) is 0. The van der Waals surface area contributed by atoms with Crippen LogP contribution in [0, 0.1) is 0 Å². The molecular formula is C11H16N2O2S. The van der Waals surface area contributed by atoms with Crippen LogP contribution >= 0.6 is 11.3 Å². The molecule has 0 saturated carbocycles. The molecule has 0 radical (unpaired) electrons. The van der Waals surface area contributed by atoms with Gasteiger partial charge in [-0.15, -0.1) is 0 Å². The van der Waals surface area contributed by atoms with Gasteiger partial charge in [0.15, 0.2) is 0 Å². The van der Waals surface area contributed by atoms with Crippen molar-refractivity contribution in [2.45, 2.75) is 18.4 Å². The summed E-state index contributed by atoms with van der Waals surface area (Å²) in [5.41, 5.74) is 1.09. The van der Waals surface area contributed by atoms with Crippen molar-refractivity contribution in [2.75, 3.05) is 19.6 Å². The molecule has 5 heteroatoms. The molecule has 0 aromatic carbocycles. The fourth-order valence-corrected chi connectivity index (χ4v) is 2.64. The molecule has 1 aromatic heterocycles. The Balaban J connectivity index is 1.77. The summed E-state index contributed by atoms with van der Waals surface area (Å²) in [5, 5.41) is 19.5. The van der Waals surface area contributed by atoms with E-state index in [-0.39, 0.29) is 12.0 Å². The lowest BCUT2D eigenvalue weighted by atomic mass is 9.88. The molecule has 0 atom stereocenters. The number of carboxylic acids is 1. The van der Waals surface area contributed by atoms with Crippen molar-refractivity contribution in [3.63, 3.8) is 0 Å². The molecule has 0 amide bonds. The molecule has 1 saturated heterocycles. The molecule has 2 heterocycles. The van der Waals surface area contributed by atoms with E-state index < -0.39 is 5.97 Å². The minimum atomic E-state index is -0.732. The van der Waals surface area contributed by atoms with E-state index in [4.69, 9.17) is 5.11 Å². The Hall–Kier alpha value is -0.910. The second kappa shape index (κ2) is 4.95. The summed E-state index contributed by atoms with van der Waals surface area (Å²) in [6.45, 7) is 2.34. The number of carbonyl (C=O) groups is 1. The van der Waals surface area contributed by atoms with Crippen LogP contribution in [0.4, 0.5) is 0 Å². The maximum Gasteiger partial charge on any atom is 0.305 e. The number of nitrogens with one attached hydrogen (secondary N) is 2. The minimum Gasteiger partial charge on any atom is -0.481 e. The van der Waals surface area contributed by atoms with Crippen molar-refractivity contribution >= 4 is 17.3 Å². The van der Waals surface area contributed by atoms with Gasteiger partial charge < -0.3 is 15.7 Å². The van der Waals surface area contributed by atoms with E-state index >= 15 is 0 Å². The molecule has 0 spiro atoms. The maximum absolute atomic E-state index is 10.7. The third kappa shape index (κ3) is 2.81. The first-order valence-corrected chi connectivity index (χ1v) is 6.33. The molecule has 0 aliphatic carbocycles. The van der Waals surface area contributed by atoms with Gasteiger partial charge in [0.05, 0.1) is 12.0 Å². The van der Waals surface area contributed by atoms with E-state index in [0.717, 1.165) is 26.1 Å². The summed E-state index contributed by atoms with van der Waals surface area (Å²) >= 11 is 1.69. The van der Waals surface area contributed by atoms with Gasteiger partial charge in [-0.05, 0) is 35.4 Å². The molecule has 88 valence electrons. The number of rotatable bonds is 6. The summed E-state index contributed by atoms with van der Waals surface area (Å²) in [6, 6.07) is 2.11. The maximum atomic E-state index is 10.7. The Labute approximate surface area is 98.7 Å². The lowest BCUT2D eigenvalue weighted by molar-refractivity contribution is -0.139. The molecule has 3 N–H and O–H groups in total. The third-order valence-electron chi connectivity index (χ3n) is 2.91. The van der Waals surface area contributed by atoms with Gasteiger partial charge in [-0.25, -0.2) is 0 Å². The Morgan fingerprint density at radius 2 is 2.44 bits per heavy atom. The van der Waals surface area contributed by atoms with E-state index in [9.17, 15) is 4.79 Å². The summed E-state index contributed by atoms with van der Waals surface area (Å²) in [6.07, 6.45) is 1.16. The van der Waals surface area contributed by atoms with Gasteiger partial charge in [0, 0.05) is 13.1 Å². The van der Waals surface area contributed by atoms with Crippen LogP contribution in [0.5, 0.6) is 0 Å². The zero-order chi connectivity index (χ0) is 11.4. The van der Waals surface area contributed by atoms with Crippen LogP contribution in [0.25, 0.3) is 0 Å². The zero-order valence-electron chi connectivity index (χ0n) is 9.03. The second-order valence-corrected chi connectivity index (χ2v) is 5.04. The highest BCUT2D eigenvalue weighted by Gasteiger charge is 2.38. The molecule has 0 bridgehead atoms. The Morgan fingerprint density at radius 3 is 2.94 bits per heavy atom. The van der Waals surface area contributed by atoms with E-state index in [0.29, 0.717) is 0 Å². The van der Waals surface area contributed by atoms with Gasteiger partial charge in [-0.3, -0.25) is 4.79 Å². The summed E-state index contributed by atoms with van der Waals surface area (Å²) < 4.78 is 0. The van der Waals surface area contributed by atoms with Crippen molar-refractivity contribution in [1.29, 1.82) is 0 Å². The smallest absolute Gasteiger partial charge is 0.305 e. The molecule has 1 aliphatic heterocycles. The van der Waals surface area contributed by atoms with Crippen LogP contribution in [0.3, 0.4) is 0 Å². The van der Waals surface area contributed by atoms with Crippen LogP contribution in [0.1, 0.15) is 12.0 Å². The zero-order valence-corrected chi connectivity index (χ0v) is 9.85. The molecule has 2 rings (SSSR count). The number of aliphatic carboxylic acids is 1. The fourth-order valence-electron chi connectivity index (χ4n) is 1.94. The Morgan fingerprint density at radius 1 is 1.62 bits per heavy atom. The summed E-state index contributed by atoms with van der Waals surface area (Å²) in [5.74, 6) is -0.732. The van der Waals surface area contributed by atoms with Crippen molar-refractivity contribution in [2.24, 2.45) is 0 Å². The Bertz CT molecular complexity index is 347. The molecule has 0 unspecified atom stereocenters. The number of hydrogen-bond donors (Lipinski definition) is 3. The van der Waals surface area contributed by atoms with E-state index in [1.54, 1.807) is 11.3 Å². The predicted octanol–water partition coefficient (Wildman–Crippen LogP) is 0.697. The quantitative estimate of drug-likeness (QED) is 0.685. The second-order valence-electron chi connectivity index (χ2n) is 4.26. The van der Waals surface area contributed by atoms with E-state index in [2.05, 4.69) is 27.5 Å². The van der Waals surface area contributed by atoms with E-state index in [1.807, 2.05) is 0 Å². The normalized spacial score (nSPS) is 18.0. The molecule has 1 aliphatic rings. The molecule has 1 fully saturated rings. The topological polar surface area (TPSA) is 61.4 Å². The van der Waals surface area contributed by atoms with Crippen LogP contribution in [0.2, 0.25) is 0 Å². The number of hydrogen-bond acceptors (Lipinski definition) is 4. The minimum absolute atomic E-state index is 0.198. The first-order valence-electron chi connectivity index (χ1n) is 5.39. The van der Waals surface area contributed by atoms with Crippen LogP contribution in [-0.2, 0) is 11.2 Å². The highest BCUT2D eigenvalue weighted by atomic mass is 32.1. The van der Waals surface area contributed by atoms with Gasteiger partial charge in [0.2, 0.25) is 0 Å². The van der Waals surface area contributed by atoms with Crippen molar-refractivity contribution in [3.05, 3.63) is 22.4 Å². The average Bonchev–Trinajstić information content (AvgIpc) is 2.66. The first-order chi connectivity index (χ1) is 7.70. The van der Waals surface area contributed by atoms with Gasteiger partial charge in [0.25, 0.3) is 0 Å². The van der Waals surface area contributed by atoms with Crippen molar-refractivity contribution < 1.29 is 9.90 Å². The number of thiophene rings is 1. The van der Waals surface area contributed by atoms with Crippen LogP contribution < -0.4 is 10.6 Å².